The molecule has 180 valence electrons. The molecule has 2 aliphatic rings. The minimum Gasteiger partial charge on any atom is -0.346 e. The smallest absolute Gasteiger partial charge is 0.251 e. The predicted molar refractivity (Wildman–Crippen MR) is 136 cm³/mol. The van der Waals surface area contributed by atoms with Crippen LogP contribution >= 0.6 is 0 Å². The molecule has 0 spiro atoms. The van der Waals surface area contributed by atoms with Crippen molar-refractivity contribution in [2.75, 3.05) is 24.5 Å². The minimum atomic E-state index is -3.50. The number of rotatable bonds is 6. The Labute approximate surface area is 205 Å². The Morgan fingerprint density at radius 2 is 1.86 bits per heavy atom. The van der Waals surface area contributed by atoms with Crippen LogP contribution in [-0.4, -0.2) is 42.8 Å². The molecular weight excluding hydrogens is 460 g/mol. The van der Waals surface area contributed by atoms with Crippen molar-refractivity contribution in [2.45, 2.75) is 43.5 Å². The number of aryl methyl sites for hydroxylation is 1. The maximum atomic E-state index is 13.1. The first-order valence-electron chi connectivity index (χ1n) is 12.1. The van der Waals surface area contributed by atoms with E-state index in [0.29, 0.717) is 43.9 Å². The number of nitrogens with zero attached hydrogens (tertiary/aromatic N) is 4. The number of fused-ring (bicyclic) bond motifs is 2. The van der Waals surface area contributed by atoms with Crippen LogP contribution < -0.4 is 4.90 Å². The van der Waals surface area contributed by atoms with E-state index in [4.69, 9.17) is 5.26 Å². The van der Waals surface area contributed by atoms with Gasteiger partial charge >= 0.3 is 0 Å². The Morgan fingerprint density at radius 1 is 1.06 bits per heavy atom. The van der Waals surface area contributed by atoms with E-state index in [0.717, 1.165) is 47.0 Å². The quantitative estimate of drug-likeness (QED) is 0.483. The van der Waals surface area contributed by atoms with Gasteiger partial charge < -0.3 is 9.47 Å². The Bertz CT molecular complexity index is 1440. The summed E-state index contributed by atoms with van der Waals surface area (Å²) in [6.07, 6.45) is 9.28. The molecule has 0 atom stereocenters. The van der Waals surface area contributed by atoms with Crippen LogP contribution in [0.2, 0.25) is 0 Å². The highest BCUT2D eigenvalue weighted by Crippen LogP contribution is 2.32. The highest BCUT2D eigenvalue weighted by atomic mass is 32.2. The fourth-order valence-electron chi connectivity index (χ4n) is 5.04. The average molecular weight is 489 g/mol. The van der Waals surface area contributed by atoms with E-state index in [9.17, 15) is 13.2 Å². The van der Waals surface area contributed by atoms with Crippen molar-refractivity contribution in [3.63, 3.8) is 0 Å². The van der Waals surface area contributed by atoms with Crippen molar-refractivity contribution in [2.24, 2.45) is 0 Å². The number of amides is 1. The molecule has 1 fully saturated rings. The van der Waals surface area contributed by atoms with E-state index in [-0.39, 0.29) is 5.91 Å². The molecular formula is C27H28N4O3S. The van der Waals surface area contributed by atoms with Crippen molar-refractivity contribution in [1.82, 2.24) is 8.87 Å². The van der Waals surface area contributed by atoms with E-state index < -0.39 is 10.0 Å². The predicted octanol–water partition coefficient (Wildman–Crippen LogP) is 4.33. The molecule has 0 saturated carbocycles. The second-order valence-corrected chi connectivity index (χ2v) is 11.0. The first kappa shape index (κ1) is 23.3. The summed E-state index contributed by atoms with van der Waals surface area (Å²) < 4.78 is 29.7. The normalized spacial score (nSPS) is 16.6. The van der Waals surface area contributed by atoms with Gasteiger partial charge in [-0.25, -0.2) is 8.42 Å². The lowest BCUT2D eigenvalue weighted by molar-refractivity contribution is -0.114. The summed E-state index contributed by atoms with van der Waals surface area (Å²) in [5, 5.41) is 9.98. The summed E-state index contributed by atoms with van der Waals surface area (Å²) in [4.78, 5) is 15.1. The Kier molecular flexibility index (Phi) is 6.46. The zero-order chi connectivity index (χ0) is 24.4. The number of benzene rings is 2. The molecule has 5 rings (SSSR count). The van der Waals surface area contributed by atoms with Gasteiger partial charge in [0.15, 0.2) is 0 Å². The van der Waals surface area contributed by atoms with Gasteiger partial charge in [0.2, 0.25) is 10.0 Å². The first-order valence-corrected chi connectivity index (χ1v) is 13.5. The summed E-state index contributed by atoms with van der Waals surface area (Å²) in [5.41, 5.74) is 3.62. The van der Waals surface area contributed by atoms with Gasteiger partial charge in [-0.15, -0.1) is 0 Å². The summed E-state index contributed by atoms with van der Waals surface area (Å²) >= 11 is 0. The molecule has 2 aliphatic heterocycles. The summed E-state index contributed by atoms with van der Waals surface area (Å²) in [6, 6.07) is 15.2. The lowest BCUT2D eigenvalue weighted by Crippen LogP contribution is -2.35. The van der Waals surface area contributed by atoms with Crippen LogP contribution in [0.15, 0.2) is 59.6 Å². The summed E-state index contributed by atoms with van der Waals surface area (Å²) in [6.45, 7) is 2.26. The number of nitriles is 1. The van der Waals surface area contributed by atoms with Gasteiger partial charge in [-0.2, -0.15) is 9.57 Å². The number of carbonyl (C=O) groups is 1. The molecule has 0 unspecified atom stereocenters. The molecule has 8 heteroatoms. The highest BCUT2D eigenvalue weighted by molar-refractivity contribution is 7.89. The molecule has 0 radical (unpaired) electrons. The maximum Gasteiger partial charge on any atom is 0.251 e. The minimum absolute atomic E-state index is 0.135. The van der Waals surface area contributed by atoms with Crippen molar-refractivity contribution in [3.05, 3.63) is 65.9 Å². The van der Waals surface area contributed by atoms with Crippen LogP contribution in [0.3, 0.4) is 0 Å². The molecule has 0 bridgehead atoms. The molecule has 3 aromatic rings. The number of anilines is 1. The number of aromatic nitrogens is 1. The number of hydrogen-bond donors (Lipinski definition) is 0. The van der Waals surface area contributed by atoms with Crippen molar-refractivity contribution < 1.29 is 13.2 Å². The standard InChI is InChI=1S/C27H28N4O3S/c28-14-6-15-29-20-22(24-7-2-3-8-26(24)29)9-12-27(32)31-18-13-21-19-23(10-11-25(21)31)35(33,34)30-16-4-1-5-17-30/h2-3,7-12,19-20H,1,4-6,13,15-18H2/b12-9+. The van der Waals surface area contributed by atoms with Crippen LogP contribution in [0.1, 0.15) is 36.8 Å². The van der Waals surface area contributed by atoms with Gasteiger partial charge in [0.1, 0.15) is 0 Å². The molecule has 7 nitrogen and oxygen atoms in total. The molecule has 1 aromatic heterocycles. The highest BCUT2D eigenvalue weighted by Gasteiger charge is 2.29. The van der Waals surface area contributed by atoms with Crippen LogP contribution in [0.4, 0.5) is 5.69 Å². The fraction of sp³-hybridized carbons (Fsp3) is 0.333. The SMILES string of the molecule is N#CCCn1cc(/C=C/C(=O)N2CCc3cc(S(=O)(=O)N4CCCCC4)ccc32)c2ccccc21. The second kappa shape index (κ2) is 9.68. The number of hydrogen-bond acceptors (Lipinski definition) is 4. The van der Waals surface area contributed by atoms with Crippen LogP contribution in [-0.2, 0) is 27.8 Å². The second-order valence-electron chi connectivity index (χ2n) is 9.03. The van der Waals surface area contributed by atoms with Gasteiger partial charge in [0, 0.05) is 60.6 Å². The lowest BCUT2D eigenvalue weighted by Gasteiger charge is -2.26. The van der Waals surface area contributed by atoms with E-state index >= 15 is 0 Å². The topological polar surface area (TPSA) is 86.4 Å². The largest absolute Gasteiger partial charge is 0.346 e. The maximum absolute atomic E-state index is 13.1. The monoisotopic (exact) mass is 488 g/mol. The van der Waals surface area contributed by atoms with Crippen LogP contribution in [0.25, 0.3) is 17.0 Å². The van der Waals surface area contributed by atoms with Gasteiger partial charge in [-0.1, -0.05) is 24.6 Å². The van der Waals surface area contributed by atoms with Gasteiger partial charge in [0.05, 0.1) is 17.4 Å². The van der Waals surface area contributed by atoms with E-state index in [1.807, 2.05) is 41.1 Å². The third-order valence-electron chi connectivity index (χ3n) is 6.85. The zero-order valence-electron chi connectivity index (χ0n) is 19.6. The number of para-hydroxylation sites is 1. The number of carbonyl (C=O) groups excluding carboxylic acids is 1. The third kappa shape index (κ3) is 4.49. The Hall–Kier alpha value is -3.41. The third-order valence-corrected chi connectivity index (χ3v) is 8.75. The fourth-order valence-corrected chi connectivity index (χ4v) is 6.60. The number of piperidine rings is 1. The molecule has 0 aliphatic carbocycles. The lowest BCUT2D eigenvalue weighted by atomic mass is 10.1. The van der Waals surface area contributed by atoms with Crippen molar-refractivity contribution >= 4 is 38.6 Å². The van der Waals surface area contributed by atoms with Crippen molar-refractivity contribution in [3.8, 4) is 6.07 Å². The van der Waals surface area contributed by atoms with Crippen LogP contribution in [0, 0.1) is 11.3 Å². The molecule has 0 N–H and O–H groups in total. The molecule has 1 amide bonds. The van der Waals surface area contributed by atoms with Crippen LogP contribution in [0.5, 0.6) is 0 Å². The molecule has 2 aromatic carbocycles. The van der Waals surface area contributed by atoms with Gasteiger partial charge in [0.25, 0.3) is 5.91 Å². The summed E-state index contributed by atoms with van der Waals surface area (Å²) in [5.74, 6) is -0.135. The molecule has 35 heavy (non-hydrogen) atoms. The molecule has 1 saturated heterocycles. The van der Waals surface area contributed by atoms with Gasteiger partial charge in [-0.05, 0) is 55.2 Å². The zero-order valence-corrected chi connectivity index (χ0v) is 20.4. The van der Waals surface area contributed by atoms with Crippen molar-refractivity contribution in [1.29, 1.82) is 5.26 Å². The number of sulfonamides is 1. The Balaban J connectivity index is 1.36. The summed E-state index contributed by atoms with van der Waals surface area (Å²) in [7, 11) is -3.50. The Morgan fingerprint density at radius 3 is 2.66 bits per heavy atom. The van der Waals surface area contributed by atoms with E-state index in [2.05, 4.69) is 6.07 Å². The average Bonchev–Trinajstić information content (AvgIpc) is 3.48. The first-order chi connectivity index (χ1) is 17.0. The van der Waals surface area contributed by atoms with E-state index in [1.54, 1.807) is 33.5 Å². The van der Waals surface area contributed by atoms with Gasteiger partial charge in [-0.3, -0.25) is 4.79 Å². The van der Waals surface area contributed by atoms with E-state index in [1.165, 1.54) is 0 Å². The molecule has 3 heterocycles.